The molecule has 2 fully saturated rings. The third-order valence-electron chi connectivity index (χ3n) is 5.18. The molecule has 4 heterocycles. The zero-order valence-electron chi connectivity index (χ0n) is 13.1. The Kier molecular flexibility index (Phi) is 3.27. The number of hydrogen-bond acceptors (Lipinski definition) is 5. The van der Waals surface area contributed by atoms with Crippen LogP contribution in [0.1, 0.15) is 25.1 Å². The van der Waals surface area contributed by atoms with Gasteiger partial charge < -0.3 is 9.47 Å². The Morgan fingerprint density at radius 2 is 1.95 bits per heavy atom. The summed E-state index contributed by atoms with van der Waals surface area (Å²) in [5.74, 6) is 0.870. The van der Waals surface area contributed by atoms with Crippen molar-refractivity contribution in [3.05, 3.63) is 28.6 Å². The maximum absolute atomic E-state index is 12.1. The van der Waals surface area contributed by atoms with Crippen LogP contribution in [0.5, 0.6) is 0 Å². The van der Waals surface area contributed by atoms with E-state index >= 15 is 0 Å². The molecule has 118 valence electrons. The Labute approximate surface area is 129 Å². The Morgan fingerprint density at radius 1 is 1.14 bits per heavy atom. The molecule has 7 heteroatoms. The SMILES string of the molecule is CN1CC[C@@H]2CC[C@H](C1)N2Cc1nnc2c(=O)n(C)ccn12. The van der Waals surface area contributed by atoms with Crippen LogP contribution in [-0.2, 0) is 13.6 Å². The maximum Gasteiger partial charge on any atom is 0.295 e. The monoisotopic (exact) mass is 302 g/mol. The van der Waals surface area contributed by atoms with E-state index in [0.29, 0.717) is 17.7 Å². The number of aromatic nitrogens is 4. The first kappa shape index (κ1) is 13.9. The summed E-state index contributed by atoms with van der Waals surface area (Å²) in [5, 5.41) is 8.38. The van der Waals surface area contributed by atoms with Gasteiger partial charge in [-0.3, -0.25) is 14.1 Å². The molecule has 4 rings (SSSR count). The predicted molar refractivity (Wildman–Crippen MR) is 82.7 cm³/mol. The highest BCUT2D eigenvalue weighted by Gasteiger charge is 2.36. The fraction of sp³-hybridized carbons (Fsp3) is 0.667. The molecule has 0 saturated carbocycles. The van der Waals surface area contributed by atoms with Gasteiger partial charge in [0.05, 0.1) is 6.54 Å². The minimum atomic E-state index is -0.0974. The number of likely N-dealkylation sites (N-methyl/N-ethyl adjacent to an activating group) is 1. The second kappa shape index (κ2) is 5.17. The average molecular weight is 302 g/mol. The summed E-state index contributed by atoms with van der Waals surface area (Å²) in [6.07, 6.45) is 7.40. The van der Waals surface area contributed by atoms with Crippen molar-refractivity contribution in [2.75, 3.05) is 20.1 Å². The van der Waals surface area contributed by atoms with Crippen LogP contribution >= 0.6 is 0 Å². The molecule has 7 nitrogen and oxygen atoms in total. The largest absolute Gasteiger partial charge is 0.314 e. The zero-order chi connectivity index (χ0) is 15.3. The predicted octanol–water partition coefficient (Wildman–Crippen LogP) is 0.0965. The van der Waals surface area contributed by atoms with Crippen LogP contribution in [0.3, 0.4) is 0 Å². The molecule has 2 aliphatic rings. The first-order valence-corrected chi connectivity index (χ1v) is 7.97. The second-order valence-electron chi connectivity index (χ2n) is 6.63. The minimum absolute atomic E-state index is 0.0974. The van der Waals surface area contributed by atoms with Crippen molar-refractivity contribution < 1.29 is 0 Å². The molecule has 0 unspecified atom stereocenters. The van der Waals surface area contributed by atoms with Gasteiger partial charge in [-0.25, -0.2) is 0 Å². The van der Waals surface area contributed by atoms with Gasteiger partial charge in [-0.2, -0.15) is 0 Å². The molecular formula is C15H22N6O. The molecule has 2 aromatic rings. The van der Waals surface area contributed by atoms with Gasteiger partial charge in [0.25, 0.3) is 5.56 Å². The van der Waals surface area contributed by atoms with Gasteiger partial charge in [0, 0.05) is 38.1 Å². The van der Waals surface area contributed by atoms with E-state index in [-0.39, 0.29) is 5.56 Å². The van der Waals surface area contributed by atoms with Crippen molar-refractivity contribution in [1.82, 2.24) is 29.0 Å². The summed E-state index contributed by atoms with van der Waals surface area (Å²) in [6, 6.07) is 1.23. The number of nitrogens with zero attached hydrogens (tertiary/aromatic N) is 6. The summed E-state index contributed by atoms with van der Waals surface area (Å²) in [7, 11) is 3.94. The standard InChI is InChI=1S/C15H22N6O/c1-18-6-5-11-3-4-12(9-18)21(11)10-13-16-17-14-15(22)19(2)7-8-20(13)14/h7-8,11-12H,3-6,9-10H2,1-2H3/t11-,12+/m0/s1. The highest BCUT2D eigenvalue weighted by Crippen LogP contribution is 2.30. The van der Waals surface area contributed by atoms with Crippen molar-refractivity contribution in [1.29, 1.82) is 0 Å². The lowest BCUT2D eigenvalue weighted by molar-refractivity contribution is 0.178. The maximum atomic E-state index is 12.1. The molecule has 0 N–H and O–H groups in total. The summed E-state index contributed by atoms with van der Waals surface area (Å²) in [6.45, 7) is 3.06. The number of rotatable bonds is 2. The molecule has 2 aliphatic heterocycles. The van der Waals surface area contributed by atoms with Crippen LogP contribution in [0.15, 0.2) is 17.2 Å². The van der Waals surface area contributed by atoms with E-state index in [1.54, 1.807) is 17.8 Å². The first-order valence-electron chi connectivity index (χ1n) is 7.97. The summed E-state index contributed by atoms with van der Waals surface area (Å²) in [4.78, 5) is 17.1. The molecule has 2 bridgehead atoms. The quantitative estimate of drug-likeness (QED) is 0.787. The van der Waals surface area contributed by atoms with Gasteiger partial charge in [-0.05, 0) is 32.9 Å². The molecule has 0 spiro atoms. The Bertz CT molecular complexity index is 750. The normalized spacial score (nSPS) is 26.6. The van der Waals surface area contributed by atoms with Gasteiger partial charge in [-0.15, -0.1) is 10.2 Å². The first-order chi connectivity index (χ1) is 10.6. The Morgan fingerprint density at radius 3 is 2.82 bits per heavy atom. The number of likely N-dealkylation sites (tertiary alicyclic amines) is 1. The average Bonchev–Trinajstić information content (AvgIpc) is 3.02. The van der Waals surface area contributed by atoms with Crippen LogP contribution < -0.4 is 5.56 Å². The molecule has 0 aliphatic carbocycles. The number of fused-ring (bicyclic) bond motifs is 3. The van der Waals surface area contributed by atoms with Crippen molar-refractivity contribution in [3.63, 3.8) is 0 Å². The Hall–Kier alpha value is -1.73. The van der Waals surface area contributed by atoms with Gasteiger partial charge in [0.15, 0.2) is 5.82 Å². The number of aryl methyl sites for hydroxylation is 1. The summed E-state index contributed by atoms with van der Waals surface area (Å²) >= 11 is 0. The molecule has 2 atom stereocenters. The topological polar surface area (TPSA) is 58.7 Å². The van der Waals surface area contributed by atoms with Gasteiger partial charge in [0.1, 0.15) is 0 Å². The molecule has 0 radical (unpaired) electrons. The lowest BCUT2D eigenvalue weighted by atomic mass is 10.1. The van der Waals surface area contributed by atoms with Crippen LogP contribution in [0.2, 0.25) is 0 Å². The van der Waals surface area contributed by atoms with Crippen molar-refractivity contribution in [3.8, 4) is 0 Å². The molecule has 0 aromatic carbocycles. The van der Waals surface area contributed by atoms with E-state index in [1.165, 1.54) is 25.8 Å². The highest BCUT2D eigenvalue weighted by atomic mass is 16.1. The lowest BCUT2D eigenvalue weighted by Crippen LogP contribution is -2.38. The number of hydrogen-bond donors (Lipinski definition) is 0. The summed E-state index contributed by atoms with van der Waals surface area (Å²) < 4.78 is 3.38. The zero-order valence-corrected chi connectivity index (χ0v) is 13.1. The van der Waals surface area contributed by atoms with E-state index in [0.717, 1.165) is 18.9 Å². The van der Waals surface area contributed by atoms with Crippen LogP contribution in [-0.4, -0.2) is 61.2 Å². The third-order valence-corrected chi connectivity index (χ3v) is 5.18. The van der Waals surface area contributed by atoms with E-state index in [9.17, 15) is 4.79 Å². The van der Waals surface area contributed by atoms with E-state index < -0.39 is 0 Å². The van der Waals surface area contributed by atoms with Crippen LogP contribution in [0.4, 0.5) is 0 Å². The van der Waals surface area contributed by atoms with Crippen molar-refractivity contribution in [2.24, 2.45) is 7.05 Å². The molecule has 22 heavy (non-hydrogen) atoms. The fourth-order valence-electron chi connectivity index (χ4n) is 3.89. The molecule has 2 aromatic heterocycles. The van der Waals surface area contributed by atoms with Crippen molar-refractivity contribution in [2.45, 2.75) is 37.9 Å². The molecular weight excluding hydrogens is 280 g/mol. The van der Waals surface area contributed by atoms with Crippen LogP contribution in [0.25, 0.3) is 5.65 Å². The summed E-state index contributed by atoms with van der Waals surface area (Å²) in [5.41, 5.74) is 0.319. The van der Waals surface area contributed by atoms with E-state index in [1.807, 2.05) is 10.6 Å². The fourth-order valence-corrected chi connectivity index (χ4v) is 3.89. The second-order valence-corrected chi connectivity index (χ2v) is 6.63. The highest BCUT2D eigenvalue weighted by molar-refractivity contribution is 5.34. The Balaban J connectivity index is 1.66. The van der Waals surface area contributed by atoms with Gasteiger partial charge in [0.2, 0.25) is 5.65 Å². The van der Waals surface area contributed by atoms with Crippen LogP contribution in [0, 0.1) is 0 Å². The minimum Gasteiger partial charge on any atom is -0.314 e. The van der Waals surface area contributed by atoms with E-state index in [2.05, 4.69) is 27.0 Å². The molecule has 0 amide bonds. The van der Waals surface area contributed by atoms with Gasteiger partial charge in [-0.1, -0.05) is 0 Å². The third kappa shape index (κ3) is 2.16. The smallest absolute Gasteiger partial charge is 0.295 e. The van der Waals surface area contributed by atoms with E-state index in [4.69, 9.17) is 0 Å². The van der Waals surface area contributed by atoms with Gasteiger partial charge >= 0.3 is 0 Å². The molecule has 2 saturated heterocycles. The van der Waals surface area contributed by atoms with Crippen molar-refractivity contribution >= 4 is 5.65 Å². The lowest BCUT2D eigenvalue weighted by Gasteiger charge is -2.27.